The predicted octanol–water partition coefficient (Wildman–Crippen LogP) is 0.694. The van der Waals surface area contributed by atoms with Gasteiger partial charge in [-0.05, 0) is 6.42 Å². The molecular weight excluding hydrogens is 288 g/mol. The van der Waals surface area contributed by atoms with Gasteiger partial charge in [-0.3, -0.25) is 0 Å². The van der Waals surface area contributed by atoms with Crippen LogP contribution < -0.4 is 4.72 Å². The normalized spacial score (nSPS) is 11.5. The molecule has 1 amide bonds. The van der Waals surface area contributed by atoms with E-state index in [0.717, 1.165) is 7.11 Å². The van der Waals surface area contributed by atoms with Crippen LogP contribution in [0.1, 0.15) is 13.3 Å². The summed E-state index contributed by atoms with van der Waals surface area (Å²) < 4.78 is 30.3. The zero-order chi connectivity index (χ0) is 11.9. The first-order valence-corrected chi connectivity index (χ1v) is 6.95. The Morgan fingerprint density at radius 2 is 2.13 bits per heavy atom. The highest BCUT2D eigenvalue weighted by Crippen LogP contribution is 2.01. The van der Waals surface area contributed by atoms with Gasteiger partial charge in [0.15, 0.2) is 0 Å². The monoisotopic (exact) mass is 302 g/mol. The van der Waals surface area contributed by atoms with E-state index in [-0.39, 0.29) is 0 Å². The molecule has 0 aromatic rings. The summed E-state index contributed by atoms with van der Waals surface area (Å²) in [6, 6.07) is 0. The minimum absolute atomic E-state index is 0.305. The second kappa shape index (κ2) is 7.02. The lowest BCUT2D eigenvalue weighted by molar-refractivity contribution is 0.177. The molecule has 0 heterocycles. The number of alkyl halides is 1. The van der Waals surface area contributed by atoms with Gasteiger partial charge >= 0.3 is 16.3 Å². The Balaban J connectivity index is 4.45. The van der Waals surface area contributed by atoms with Crippen LogP contribution in [0.4, 0.5) is 4.79 Å². The maximum absolute atomic E-state index is 11.5. The smallest absolute Gasteiger partial charge is 0.421 e. The highest BCUT2D eigenvalue weighted by Gasteiger charge is 2.22. The van der Waals surface area contributed by atoms with Gasteiger partial charge in [-0.15, -0.1) is 0 Å². The van der Waals surface area contributed by atoms with Crippen molar-refractivity contribution in [3.63, 3.8) is 0 Å². The van der Waals surface area contributed by atoms with Gasteiger partial charge < -0.3 is 4.74 Å². The van der Waals surface area contributed by atoms with Crippen LogP contribution in [0.15, 0.2) is 0 Å². The van der Waals surface area contributed by atoms with Gasteiger partial charge in [-0.1, -0.05) is 22.9 Å². The number of ether oxygens (including phenoxy) is 1. The average molecular weight is 303 g/mol. The van der Waals surface area contributed by atoms with Crippen molar-refractivity contribution >= 4 is 32.2 Å². The molecular formula is C7H15BrN2O4S. The Bertz CT molecular complexity index is 293. The van der Waals surface area contributed by atoms with Crippen LogP contribution in [-0.2, 0) is 14.9 Å². The van der Waals surface area contributed by atoms with Crippen LogP contribution in [0.5, 0.6) is 0 Å². The van der Waals surface area contributed by atoms with Crippen molar-refractivity contribution in [2.24, 2.45) is 0 Å². The Kier molecular flexibility index (Phi) is 6.86. The zero-order valence-corrected chi connectivity index (χ0v) is 11.1. The number of rotatable bonds is 6. The Hall–Kier alpha value is -0.340. The first kappa shape index (κ1) is 14.7. The summed E-state index contributed by atoms with van der Waals surface area (Å²) in [6.07, 6.45) is -0.303. The highest BCUT2D eigenvalue weighted by molar-refractivity contribution is 9.09. The van der Waals surface area contributed by atoms with E-state index in [1.54, 1.807) is 11.6 Å². The lowest BCUT2D eigenvalue weighted by atomic mass is 10.5. The topological polar surface area (TPSA) is 75.7 Å². The largest absolute Gasteiger partial charge is 0.452 e. The van der Waals surface area contributed by atoms with Gasteiger partial charge in [0.2, 0.25) is 0 Å². The number of carbonyl (C=O) groups excluding carboxylic acids is 1. The number of carbonyl (C=O) groups is 1. The van der Waals surface area contributed by atoms with E-state index >= 15 is 0 Å². The van der Waals surface area contributed by atoms with E-state index in [0.29, 0.717) is 24.8 Å². The summed E-state index contributed by atoms with van der Waals surface area (Å²) in [5.74, 6) is 0. The molecule has 0 aliphatic rings. The molecule has 0 aromatic heterocycles. The van der Waals surface area contributed by atoms with Crippen molar-refractivity contribution in [3.05, 3.63) is 0 Å². The van der Waals surface area contributed by atoms with Gasteiger partial charge in [0.05, 0.1) is 7.11 Å². The second-order valence-corrected chi connectivity index (χ2v) is 5.10. The second-order valence-electron chi connectivity index (χ2n) is 2.63. The van der Waals surface area contributed by atoms with Gasteiger partial charge in [0, 0.05) is 18.4 Å². The number of halogens is 1. The fourth-order valence-electron chi connectivity index (χ4n) is 0.896. The zero-order valence-electron chi connectivity index (χ0n) is 8.69. The fourth-order valence-corrected chi connectivity index (χ4v) is 2.28. The molecule has 0 aliphatic heterocycles. The number of hydrogen-bond donors (Lipinski definition) is 1. The van der Waals surface area contributed by atoms with Gasteiger partial charge in [0.1, 0.15) is 0 Å². The van der Waals surface area contributed by atoms with Crippen molar-refractivity contribution < 1.29 is 17.9 Å². The number of methoxy groups -OCH3 is 1. The Morgan fingerprint density at radius 3 is 2.53 bits per heavy atom. The summed E-state index contributed by atoms with van der Waals surface area (Å²) in [5, 5.41) is 0.706. The Labute approximate surface area is 98.3 Å². The lowest BCUT2D eigenvalue weighted by Crippen LogP contribution is -2.43. The van der Waals surface area contributed by atoms with Crippen molar-refractivity contribution in [1.82, 2.24) is 9.03 Å². The molecule has 90 valence electrons. The number of nitrogens with one attached hydrogen (secondary N) is 1. The summed E-state index contributed by atoms with van der Waals surface area (Å²) in [4.78, 5) is 10.8. The third kappa shape index (κ3) is 5.33. The molecule has 0 unspecified atom stereocenters. The highest BCUT2D eigenvalue weighted by atomic mass is 79.9. The summed E-state index contributed by atoms with van der Waals surface area (Å²) in [6.45, 7) is 2.36. The quantitative estimate of drug-likeness (QED) is 0.733. The van der Waals surface area contributed by atoms with Crippen LogP contribution in [0.2, 0.25) is 0 Å². The molecule has 0 saturated heterocycles. The molecule has 0 atom stereocenters. The predicted molar refractivity (Wildman–Crippen MR) is 60.1 cm³/mol. The van der Waals surface area contributed by atoms with Crippen molar-refractivity contribution in [2.45, 2.75) is 13.3 Å². The fraction of sp³-hybridized carbons (Fsp3) is 0.857. The van der Waals surface area contributed by atoms with Gasteiger partial charge in [-0.2, -0.15) is 12.7 Å². The van der Waals surface area contributed by atoms with E-state index in [1.165, 1.54) is 4.31 Å². The first-order valence-electron chi connectivity index (χ1n) is 4.39. The van der Waals surface area contributed by atoms with E-state index in [2.05, 4.69) is 20.7 Å². The molecule has 0 radical (unpaired) electrons. The molecule has 15 heavy (non-hydrogen) atoms. The maximum Gasteiger partial charge on any atom is 0.421 e. The molecule has 0 rings (SSSR count). The molecule has 0 saturated carbocycles. The minimum Gasteiger partial charge on any atom is -0.452 e. The van der Waals surface area contributed by atoms with E-state index in [1.807, 2.05) is 0 Å². The van der Waals surface area contributed by atoms with Gasteiger partial charge in [0.25, 0.3) is 0 Å². The SMILES string of the molecule is CCN(CCCBr)S(=O)(=O)NC(=O)OC. The molecule has 0 bridgehead atoms. The van der Waals surface area contributed by atoms with Crippen LogP contribution in [-0.4, -0.2) is 44.3 Å². The molecule has 0 aromatic carbocycles. The van der Waals surface area contributed by atoms with Crippen molar-refractivity contribution in [3.8, 4) is 0 Å². The molecule has 6 nitrogen and oxygen atoms in total. The molecule has 0 aliphatic carbocycles. The third-order valence-corrected chi connectivity index (χ3v) is 3.74. The molecule has 1 N–H and O–H groups in total. The summed E-state index contributed by atoms with van der Waals surface area (Å²) in [5.41, 5.74) is 0. The first-order chi connectivity index (χ1) is 6.97. The summed E-state index contributed by atoms with van der Waals surface area (Å²) >= 11 is 3.20. The number of amides is 1. The summed E-state index contributed by atoms with van der Waals surface area (Å²) in [7, 11) is -2.66. The van der Waals surface area contributed by atoms with Gasteiger partial charge in [-0.25, -0.2) is 9.52 Å². The lowest BCUT2D eigenvalue weighted by Gasteiger charge is -2.19. The van der Waals surface area contributed by atoms with Crippen LogP contribution in [0.25, 0.3) is 0 Å². The maximum atomic E-state index is 11.5. The Morgan fingerprint density at radius 1 is 1.53 bits per heavy atom. The van der Waals surface area contributed by atoms with E-state index in [4.69, 9.17) is 0 Å². The van der Waals surface area contributed by atoms with Crippen LogP contribution in [0, 0.1) is 0 Å². The molecule has 8 heteroatoms. The molecule has 0 spiro atoms. The van der Waals surface area contributed by atoms with E-state index in [9.17, 15) is 13.2 Å². The van der Waals surface area contributed by atoms with Crippen LogP contribution >= 0.6 is 15.9 Å². The standard InChI is InChI=1S/C7H15BrN2O4S/c1-3-10(6-4-5-8)15(12,13)9-7(11)14-2/h3-6H2,1-2H3,(H,9,11). The average Bonchev–Trinajstić information content (AvgIpc) is 2.17. The minimum atomic E-state index is -3.77. The van der Waals surface area contributed by atoms with Crippen LogP contribution in [0.3, 0.4) is 0 Å². The number of hydrogen-bond acceptors (Lipinski definition) is 4. The van der Waals surface area contributed by atoms with Crippen molar-refractivity contribution in [1.29, 1.82) is 0 Å². The van der Waals surface area contributed by atoms with E-state index < -0.39 is 16.3 Å². The number of nitrogens with zero attached hydrogens (tertiary/aromatic N) is 1. The van der Waals surface area contributed by atoms with Crippen molar-refractivity contribution in [2.75, 3.05) is 25.5 Å². The molecule has 0 fully saturated rings. The third-order valence-electron chi connectivity index (χ3n) is 1.63.